The van der Waals surface area contributed by atoms with Crippen LogP contribution < -0.4 is 0 Å². The summed E-state index contributed by atoms with van der Waals surface area (Å²) >= 11 is 3.80. The van der Waals surface area contributed by atoms with E-state index in [0.717, 1.165) is 12.1 Å². The van der Waals surface area contributed by atoms with Gasteiger partial charge in [0, 0.05) is 11.0 Å². The Hall–Kier alpha value is -1.61. The van der Waals surface area contributed by atoms with Crippen LogP contribution in [0.1, 0.15) is 5.56 Å². The second-order valence-corrected chi connectivity index (χ2v) is 2.71. The van der Waals surface area contributed by atoms with Gasteiger partial charge in [0.2, 0.25) is 5.82 Å². The molecule has 0 amide bonds. The molecule has 0 aliphatic carbocycles. The maximum Gasteiger partial charge on any atom is 0.307 e. The summed E-state index contributed by atoms with van der Waals surface area (Å²) in [7, 11) is 0. The van der Waals surface area contributed by atoms with Crippen LogP contribution in [0, 0.1) is 27.3 Å². The van der Waals surface area contributed by atoms with Crippen molar-refractivity contribution >= 4 is 18.3 Å². The highest BCUT2D eigenvalue weighted by Gasteiger charge is 2.18. The van der Waals surface area contributed by atoms with Crippen LogP contribution in [-0.2, 0) is 0 Å². The number of nitriles is 1. The maximum absolute atomic E-state index is 13.0. The summed E-state index contributed by atoms with van der Waals surface area (Å²) in [4.78, 5) is 9.56. The Kier molecular flexibility index (Phi) is 2.49. The first-order chi connectivity index (χ1) is 6.06. The lowest BCUT2D eigenvalue weighted by Crippen LogP contribution is -1.95. The number of rotatable bonds is 1. The zero-order valence-electron chi connectivity index (χ0n) is 6.19. The van der Waals surface area contributed by atoms with Gasteiger partial charge in [0.1, 0.15) is 6.07 Å². The molecule has 0 aromatic heterocycles. The highest BCUT2D eigenvalue weighted by molar-refractivity contribution is 7.80. The van der Waals surface area contributed by atoms with Crippen LogP contribution in [0.4, 0.5) is 10.1 Å². The Morgan fingerprint density at radius 3 is 2.69 bits per heavy atom. The van der Waals surface area contributed by atoms with E-state index < -0.39 is 16.4 Å². The topological polar surface area (TPSA) is 66.9 Å². The number of nitro groups is 1. The van der Waals surface area contributed by atoms with Crippen molar-refractivity contribution in [3.05, 3.63) is 33.6 Å². The molecule has 0 saturated carbocycles. The molecule has 13 heavy (non-hydrogen) atoms. The molecule has 0 aliphatic heterocycles. The van der Waals surface area contributed by atoms with Crippen molar-refractivity contribution in [2.24, 2.45) is 0 Å². The third kappa shape index (κ3) is 1.76. The van der Waals surface area contributed by atoms with Gasteiger partial charge in [0.25, 0.3) is 0 Å². The fourth-order valence-electron chi connectivity index (χ4n) is 0.809. The van der Waals surface area contributed by atoms with Gasteiger partial charge in [-0.15, -0.1) is 12.6 Å². The van der Waals surface area contributed by atoms with Gasteiger partial charge >= 0.3 is 5.69 Å². The molecule has 0 aliphatic rings. The molecular formula is C7H3FN2O2S. The third-order valence-electron chi connectivity index (χ3n) is 1.36. The summed E-state index contributed by atoms with van der Waals surface area (Å²) in [6.45, 7) is 0. The minimum atomic E-state index is -1.12. The molecule has 0 spiro atoms. The number of hydrogen-bond donors (Lipinski definition) is 1. The van der Waals surface area contributed by atoms with Crippen LogP contribution in [0.2, 0.25) is 0 Å². The van der Waals surface area contributed by atoms with Crippen LogP contribution in [0.3, 0.4) is 0 Å². The molecule has 0 heterocycles. The number of nitro benzene ring substituents is 1. The Balaban J connectivity index is 3.47. The van der Waals surface area contributed by atoms with Crippen molar-refractivity contribution in [1.29, 1.82) is 5.26 Å². The molecule has 66 valence electrons. The van der Waals surface area contributed by atoms with Crippen LogP contribution in [0.15, 0.2) is 17.0 Å². The van der Waals surface area contributed by atoms with Gasteiger partial charge in [-0.1, -0.05) is 0 Å². The van der Waals surface area contributed by atoms with E-state index in [2.05, 4.69) is 12.6 Å². The second-order valence-electron chi connectivity index (χ2n) is 2.20. The van der Waals surface area contributed by atoms with E-state index >= 15 is 0 Å². The largest absolute Gasteiger partial charge is 0.307 e. The smallest absolute Gasteiger partial charge is 0.258 e. The molecule has 1 rings (SSSR count). The van der Waals surface area contributed by atoms with Gasteiger partial charge in [-0.2, -0.15) is 9.65 Å². The Morgan fingerprint density at radius 2 is 2.23 bits per heavy atom. The lowest BCUT2D eigenvalue weighted by molar-refractivity contribution is -0.387. The van der Waals surface area contributed by atoms with Gasteiger partial charge in [-0.05, 0) is 6.07 Å². The molecule has 0 atom stereocenters. The number of hydrogen-bond acceptors (Lipinski definition) is 4. The first kappa shape index (κ1) is 9.48. The minimum Gasteiger partial charge on any atom is -0.258 e. The highest BCUT2D eigenvalue weighted by atomic mass is 32.1. The Morgan fingerprint density at radius 1 is 1.62 bits per heavy atom. The summed E-state index contributed by atoms with van der Waals surface area (Å²) in [6, 6.07) is 3.59. The fourth-order valence-corrected chi connectivity index (χ4v) is 1.06. The second kappa shape index (κ2) is 3.41. The molecule has 0 radical (unpaired) electrons. The quantitative estimate of drug-likeness (QED) is 0.425. The highest BCUT2D eigenvalue weighted by Crippen LogP contribution is 2.24. The minimum absolute atomic E-state index is 0.185. The van der Waals surface area contributed by atoms with E-state index in [9.17, 15) is 14.5 Å². The van der Waals surface area contributed by atoms with Gasteiger partial charge in [-0.3, -0.25) is 10.1 Å². The summed E-state index contributed by atoms with van der Waals surface area (Å²) in [6.07, 6.45) is 0. The summed E-state index contributed by atoms with van der Waals surface area (Å²) < 4.78 is 13.0. The van der Waals surface area contributed by atoms with Crippen molar-refractivity contribution in [1.82, 2.24) is 0 Å². The lowest BCUT2D eigenvalue weighted by atomic mass is 10.2. The summed E-state index contributed by atoms with van der Waals surface area (Å²) in [5, 5.41) is 18.7. The average molecular weight is 198 g/mol. The van der Waals surface area contributed by atoms with Crippen molar-refractivity contribution in [2.75, 3.05) is 0 Å². The van der Waals surface area contributed by atoms with Crippen LogP contribution >= 0.6 is 12.6 Å². The van der Waals surface area contributed by atoms with E-state index in [1.54, 1.807) is 0 Å². The predicted molar refractivity (Wildman–Crippen MR) is 45.0 cm³/mol. The van der Waals surface area contributed by atoms with Gasteiger partial charge < -0.3 is 0 Å². The van der Waals surface area contributed by atoms with Crippen molar-refractivity contribution in [3.63, 3.8) is 0 Å². The fraction of sp³-hybridized carbons (Fsp3) is 0. The van der Waals surface area contributed by atoms with Crippen molar-refractivity contribution < 1.29 is 9.31 Å². The number of halogens is 1. The number of thiol groups is 1. The molecular weight excluding hydrogens is 195 g/mol. The standard InChI is InChI=1S/C7H3FN2O2S/c8-7-4(3-9)1-5(13)2-6(7)10(11)12/h1-2,13H. The Labute approximate surface area is 78.2 Å². The van der Waals surface area contributed by atoms with E-state index in [1.807, 2.05) is 0 Å². The zero-order chi connectivity index (χ0) is 10.0. The van der Waals surface area contributed by atoms with Crippen LogP contribution in [-0.4, -0.2) is 4.92 Å². The van der Waals surface area contributed by atoms with Crippen LogP contribution in [0.5, 0.6) is 0 Å². The molecule has 0 unspecified atom stereocenters. The summed E-state index contributed by atoms with van der Waals surface area (Å²) in [5.41, 5.74) is -1.11. The lowest BCUT2D eigenvalue weighted by Gasteiger charge is -1.97. The molecule has 0 fully saturated rings. The molecule has 1 aromatic rings. The molecule has 0 bridgehead atoms. The normalized spacial score (nSPS) is 9.31. The van der Waals surface area contributed by atoms with E-state index in [0.29, 0.717) is 0 Å². The van der Waals surface area contributed by atoms with Gasteiger partial charge in [0.15, 0.2) is 0 Å². The average Bonchev–Trinajstić information content (AvgIpc) is 2.08. The monoisotopic (exact) mass is 198 g/mol. The van der Waals surface area contributed by atoms with Crippen molar-refractivity contribution in [3.8, 4) is 6.07 Å². The predicted octanol–water partition coefficient (Wildman–Crippen LogP) is 1.89. The van der Waals surface area contributed by atoms with Gasteiger partial charge in [-0.25, -0.2) is 0 Å². The van der Waals surface area contributed by atoms with E-state index in [1.165, 1.54) is 6.07 Å². The molecule has 4 nitrogen and oxygen atoms in total. The SMILES string of the molecule is N#Cc1cc(S)cc([N+](=O)[O-])c1F. The summed E-state index contributed by atoms with van der Waals surface area (Å²) in [5.74, 6) is -1.12. The first-order valence-electron chi connectivity index (χ1n) is 3.13. The number of nitrogens with zero attached hydrogens (tertiary/aromatic N) is 2. The third-order valence-corrected chi connectivity index (χ3v) is 1.61. The van der Waals surface area contributed by atoms with E-state index in [-0.39, 0.29) is 10.5 Å². The Bertz CT molecular complexity index is 414. The molecule has 0 N–H and O–H groups in total. The zero-order valence-corrected chi connectivity index (χ0v) is 7.09. The molecule has 6 heteroatoms. The molecule has 0 saturated heterocycles. The van der Waals surface area contributed by atoms with Crippen LogP contribution in [0.25, 0.3) is 0 Å². The first-order valence-corrected chi connectivity index (χ1v) is 3.58. The van der Waals surface area contributed by atoms with Crippen molar-refractivity contribution in [2.45, 2.75) is 4.90 Å². The van der Waals surface area contributed by atoms with Gasteiger partial charge in [0.05, 0.1) is 10.5 Å². The maximum atomic E-state index is 13.0. The number of benzene rings is 1. The molecule has 1 aromatic carbocycles. The van der Waals surface area contributed by atoms with E-state index in [4.69, 9.17) is 5.26 Å².